The summed E-state index contributed by atoms with van der Waals surface area (Å²) in [4.78, 5) is 15.4. The summed E-state index contributed by atoms with van der Waals surface area (Å²) in [5.41, 5.74) is 9.31. The van der Waals surface area contributed by atoms with Crippen molar-refractivity contribution in [2.75, 3.05) is 0 Å². The fourth-order valence-electron chi connectivity index (χ4n) is 7.81. The Morgan fingerprint density at radius 2 is 1.20 bits per heavy atom. The molecule has 4 heterocycles. The molecule has 0 spiro atoms. The first-order valence-electron chi connectivity index (χ1n) is 17.1. The Bertz CT molecular complexity index is 2920. The number of para-hydroxylation sites is 3. The van der Waals surface area contributed by atoms with E-state index in [9.17, 15) is 0 Å². The zero-order valence-corrected chi connectivity index (χ0v) is 27.2. The molecule has 0 fully saturated rings. The van der Waals surface area contributed by atoms with Gasteiger partial charge in [0.15, 0.2) is 17.5 Å². The first-order chi connectivity index (χ1) is 25.3. The van der Waals surface area contributed by atoms with Crippen molar-refractivity contribution in [3.8, 4) is 39.9 Å². The number of benzene rings is 6. The molecule has 3 aromatic heterocycles. The van der Waals surface area contributed by atoms with Crippen LogP contribution < -0.4 is 4.74 Å². The molecule has 0 N–H and O–H groups in total. The Morgan fingerprint density at radius 1 is 0.510 bits per heavy atom. The van der Waals surface area contributed by atoms with Gasteiger partial charge in [0.25, 0.3) is 0 Å². The van der Waals surface area contributed by atoms with Gasteiger partial charge in [0.1, 0.15) is 34.2 Å². The Morgan fingerprint density at radius 3 is 2.08 bits per heavy atom. The minimum absolute atomic E-state index is 0.0517. The Kier molecular flexibility index (Phi) is 5.98. The second-order valence-corrected chi connectivity index (χ2v) is 13.0. The molecule has 9 aromatic rings. The lowest BCUT2D eigenvalue weighted by molar-refractivity contribution is 0.271. The van der Waals surface area contributed by atoms with Gasteiger partial charge in [0.05, 0.1) is 5.92 Å². The van der Waals surface area contributed by atoms with E-state index in [1.807, 2.05) is 84.9 Å². The molecule has 2 atom stereocenters. The number of furan rings is 2. The number of aromatic nitrogens is 3. The molecule has 51 heavy (non-hydrogen) atoms. The van der Waals surface area contributed by atoms with Crippen molar-refractivity contribution in [1.29, 1.82) is 0 Å². The largest absolute Gasteiger partial charge is 0.485 e. The van der Waals surface area contributed by atoms with E-state index in [2.05, 4.69) is 66.8 Å². The molecule has 6 heteroatoms. The van der Waals surface area contributed by atoms with Crippen molar-refractivity contribution in [3.63, 3.8) is 0 Å². The van der Waals surface area contributed by atoms with Crippen molar-refractivity contribution in [2.45, 2.75) is 12.0 Å². The third-order valence-electron chi connectivity index (χ3n) is 10.1. The standard InChI is InChI=1S/C45H27N3O3/c1-2-11-26(12-3-1)43-46-44(27-21-24-38-34(25-27)28-13-4-7-17-35(28)49-38)48-45(47-43)33-23-22-30(42-41(33)32-15-6-9-19-37(32)51-42)29-16-10-20-39-40(29)31-14-5-8-18-36(31)50-39/h1-25,39-40H. The summed E-state index contributed by atoms with van der Waals surface area (Å²) in [7, 11) is 0. The first-order valence-corrected chi connectivity index (χ1v) is 17.1. The summed E-state index contributed by atoms with van der Waals surface area (Å²) >= 11 is 0. The summed E-state index contributed by atoms with van der Waals surface area (Å²) in [6, 6.07) is 45.1. The molecule has 240 valence electrons. The van der Waals surface area contributed by atoms with Crippen LogP contribution in [-0.4, -0.2) is 21.1 Å². The zero-order valence-electron chi connectivity index (χ0n) is 27.2. The Labute approximate surface area is 292 Å². The van der Waals surface area contributed by atoms with E-state index >= 15 is 0 Å². The van der Waals surface area contributed by atoms with Gasteiger partial charge >= 0.3 is 0 Å². The number of nitrogens with zero attached hydrogens (tertiary/aromatic N) is 3. The molecular formula is C45H27N3O3. The maximum Gasteiger partial charge on any atom is 0.164 e. The van der Waals surface area contributed by atoms with Crippen LogP contribution in [-0.2, 0) is 0 Å². The molecule has 0 bridgehead atoms. The third-order valence-corrected chi connectivity index (χ3v) is 10.1. The highest BCUT2D eigenvalue weighted by atomic mass is 16.5. The van der Waals surface area contributed by atoms with E-state index in [1.54, 1.807) is 0 Å². The van der Waals surface area contributed by atoms with E-state index in [0.717, 1.165) is 77.5 Å². The average molecular weight is 658 g/mol. The van der Waals surface area contributed by atoms with Gasteiger partial charge in [-0.1, -0.05) is 103 Å². The molecule has 11 rings (SSSR count). The molecule has 0 saturated carbocycles. The topological polar surface area (TPSA) is 74.2 Å². The van der Waals surface area contributed by atoms with Crippen molar-refractivity contribution in [2.24, 2.45) is 0 Å². The number of hydrogen-bond donors (Lipinski definition) is 0. The fourth-order valence-corrected chi connectivity index (χ4v) is 7.81. The quantitative estimate of drug-likeness (QED) is 0.187. The highest BCUT2D eigenvalue weighted by Gasteiger charge is 2.38. The van der Waals surface area contributed by atoms with Crippen LogP contribution in [0.4, 0.5) is 0 Å². The van der Waals surface area contributed by atoms with E-state index in [1.165, 1.54) is 5.56 Å². The molecule has 0 radical (unpaired) electrons. The second-order valence-electron chi connectivity index (χ2n) is 13.0. The minimum Gasteiger partial charge on any atom is -0.485 e. The van der Waals surface area contributed by atoms with E-state index in [-0.39, 0.29) is 12.0 Å². The van der Waals surface area contributed by atoms with Gasteiger partial charge in [-0.25, -0.2) is 15.0 Å². The summed E-state index contributed by atoms with van der Waals surface area (Å²) in [6.07, 6.45) is 6.35. The van der Waals surface area contributed by atoms with E-state index < -0.39 is 0 Å². The van der Waals surface area contributed by atoms with Crippen molar-refractivity contribution >= 4 is 49.5 Å². The Balaban J connectivity index is 1.15. The Hall–Kier alpha value is -6.79. The predicted molar refractivity (Wildman–Crippen MR) is 201 cm³/mol. The SMILES string of the molecule is C1=CC2Oc3ccccc3C2C(c2ccc(-c3nc(-c4ccccc4)nc(-c4ccc5oc6ccccc6c5c4)n3)c3c2oc2ccccc23)=C1. The zero-order chi connectivity index (χ0) is 33.5. The predicted octanol–water partition coefficient (Wildman–Crippen LogP) is 11.2. The normalized spacial score (nSPS) is 16.4. The van der Waals surface area contributed by atoms with Crippen molar-refractivity contribution in [3.05, 3.63) is 163 Å². The van der Waals surface area contributed by atoms with E-state index in [0.29, 0.717) is 17.5 Å². The summed E-state index contributed by atoms with van der Waals surface area (Å²) < 4.78 is 19.3. The van der Waals surface area contributed by atoms with Gasteiger partial charge in [0.2, 0.25) is 0 Å². The third kappa shape index (κ3) is 4.33. The van der Waals surface area contributed by atoms with Gasteiger partial charge in [0, 0.05) is 49.4 Å². The van der Waals surface area contributed by atoms with Crippen molar-refractivity contribution < 1.29 is 13.6 Å². The van der Waals surface area contributed by atoms with Gasteiger partial charge in [-0.3, -0.25) is 0 Å². The second kappa shape index (κ2) is 10.9. The number of fused-ring (bicyclic) bond motifs is 9. The molecule has 2 aliphatic rings. The van der Waals surface area contributed by atoms with Crippen molar-refractivity contribution in [1.82, 2.24) is 15.0 Å². The molecule has 2 unspecified atom stereocenters. The van der Waals surface area contributed by atoms with Crippen LogP contribution in [0.25, 0.3) is 83.6 Å². The lowest BCUT2D eigenvalue weighted by Gasteiger charge is -2.23. The highest BCUT2D eigenvalue weighted by molar-refractivity contribution is 6.15. The molecule has 1 aliphatic carbocycles. The molecule has 0 amide bonds. The van der Waals surface area contributed by atoms with Crippen LogP contribution in [0.15, 0.2) is 161 Å². The van der Waals surface area contributed by atoms with Gasteiger partial charge in [-0.15, -0.1) is 0 Å². The summed E-state index contributed by atoms with van der Waals surface area (Å²) in [5, 5.41) is 4.04. The maximum absolute atomic E-state index is 6.76. The monoisotopic (exact) mass is 657 g/mol. The molecule has 6 aromatic carbocycles. The van der Waals surface area contributed by atoms with Crippen LogP contribution in [0, 0.1) is 0 Å². The fraction of sp³-hybridized carbons (Fsp3) is 0.0444. The van der Waals surface area contributed by atoms with Crippen LogP contribution in [0.3, 0.4) is 0 Å². The van der Waals surface area contributed by atoms with Crippen LogP contribution in [0.1, 0.15) is 17.0 Å². The highest BCUT2D eigenvalue weighted by Crippen LogP contribution is 2.50. The summed E-state index contributed by atoms with van der Waals surface area (Å²) in [6.45, 7) is 0. The molecule has 0 saturated heterocycles. The molecule has 1 aliphatic heterocycles. The lowest BCUT2D eigenvalue weighted by atomic mass is 9.80. The number of rotatable bonds is 4. The van der Waals surface area contributed by atoms with Gasteiger partial charge < -0.3 is 13.6 Å². The average Bonchev–Trinajstić information content (AvgIpc) is 3.89. The van der Waals surface area contributed by atoms with Gasteiger partial charge in [-0.05, 0) is 54.1 Å². The van der Waals surface area contributed by atoms with Crippen LogP contribution in [0.2, 0.25) is 0 Å². The van der Waals surface area contributed by atoms with E-state index in [4.69, 9.17) is 28.5 Å². The number of hydrogen-bond acceptors (Lipinski definition) is 6. The van der Waals surface area contributed by atoms with Crippen LogP contribution >= 0.6 is 0 Å². The lowest BCUT2D eigenvalue weighted by Crippen LogP contribution is -2.19. The summed E-state index contributed by atoms with van der Waals surface area (Å²) in [5.74, 6) is 2.73. The first kappa shape index (κ1) is 28.1. The number of allylic oxidation sites excluding steroid dienone is 2. The molecular weight excluding hydrogens is 631 g/mol. The molecule has 6 nitrogen and oxygen atoms in total. The minimum atomic E-state index is -0.0780. The maximum atomic E-state index is 6.76. The van der Waals surface area contributed by atoms with Crippen LogP contribution in [0.5, 0.6) is 5.75 Å². The smallest absolute Gasteiger partial charge is 0.164 e. The van der Waals surface area contributed by atoms with Gasteiger partial charge in [-0.2, -0.15) is 0 Å². The number of ether oxygens (including phenoxy) is 1.